The first-order valence-electron chi connectivity index (χ1n) is 8.21. The Morgan fingerprint density at radius 1 is 1.33 bits per heavy atom. The van der Waals surface area contributed by atoms with Gasteiger partial charge in [0.1, 0.15) is 0 Å². The molecule has 0 bridgehead atoms. The van der Waals surface area contributed by atoms with Crippen LogP contribution in [0.5, 0.6) is 0 Å². The largest absolute Gasteiger partial charge is 0.354 e. The average Bonchev–Trinajstić information content (AvgIpc) is 2.53. The number of nitrogens with one attached hydrogen (secondary N) is 1. The lowest BCUT2D eigenvalue weighted by atomic mass is 9.81. The minimum atomic E-state index is -0.264. The maximum atomic E-state index is 12.2. The number of hydrogen-bond donors (Lipinski definition) is 2. The molecule has 1 aliphatic rings. The summed E-state index contributed by atoms with van der Waals surface area (Å²) in [6.07, 6.45) is 5.79. The van der Waals surface area contributed by atoms with Gasteiger partial charge in [-0.2, -0.15) is 0 Å². The molecular weight excluding hydrogens is 260 g/mol. The number of aryl methyl sites for hydroxylation is 1. The smallest absolute Gasteiger partial charge is 0.220 e. The summed E-state index contributed by atoms with van der Waals surface area (Å²) >= 11 is 0. The molecule has 1 aromatic carbocycles. The second kappa shape index (κ2) is 7.08. The lowest BCUT2D eigenvalue weighted by Gasteiger charge is -2.28. The Bertz CT molecular complexity index is 480. The van der Waals surface area contributed by atoms with E-state index in [4.69, 9.17) is 5.73 Å². The van der Waals surface area contributed by atoms with Gasteiger partial charge < -0.3 is 11.1 Å². The predicted molar refractivity (Wildman–Crippen MR) is 87.2 cm³/mol. The fraction of sp³-hybridized carbons (Fsp3) is 0.611. The van der Waals surface area contributed by atoms with Crippen molar-refractivity contribution in [2.75, 3.05) is 6.54 Å². The summed E-state index contributed by atoms with van der Waals surface area (Å²) < 4.78 is 0. The number of carbonyl (C=O) groups excluding carboxylic acids is 1. The molecule has 0 aromatic heterocycles. The van der Waals surface area contributed by atoms with Crippen LogP contribution in [0.3, 0.4) is 0 Å². The summed E-state index contributed by atoms with van der Waals surface area (Å²) in [5.41, 5.74) is 8.75. The monoisotopic (exact) mass is 288 g/mol. The van der Waals surface area contributed by atoms with Crippen molar-refractivity contribution < 1.29 is 4.79 Å². The van der Waals surface area contributed by atoms with Gasteiger partial charge >= 0.3 is 0 Å². The highest BCUT2D eigenvalue weighted by atomic mass is 16.1. The van der Waals surface area contributed by atoms with Crippen molar-refractivity contribution in [3.63, 3.8) is 0 Å². The number of nitrogens with two attached hydrogens (primary N) is 1. The van der Waals surface area contributed by atoms with Crippen molar-refractivity contribution >= 4 is 5.91 Å². The van der Waals surface area contributed by atoms with Crippen molar-refractivity contribution in [2.45, 2.75) is 63.8 Å². The van der Waals surface area contributed by atoms with Gasteiger partial charge in [0.15, 0.2) is 0 Å². The van der Waals surface area contributed by atoms with E-state index in [1.807, 2.05) is 0 Å². The molecule has 116 valence electrons. The summed E-state index contributed by atoms with van der Waals surface area (Å²) in [5, 5.41) is 3.04. The molecule has 0 radical (unpaired) electrons. The van der Waals surface area contributed by atoms with Gasteiger partial charge in [0.25, 0.3) is 0 Å². The van der Waals surface area contributed by atoms with E-state index in [1.165, 1.54) is 17.5 Å². The zero-order valence-electron chi connectivity index (χ0n) is 13.3. The molecule has 0 spiro atoms. The van der Waals surface area contributed by atoms with Gasteiger partial charge in [-0.3, -0.25) is 4.79 Å². The number of amides is 1. The first-order chi connectivity index (χ1) is 10.1. The second-order valence-electron chi connectivity index (χ2n) is 6.34. The third kappa shape index (κ3) is 4.07. The van der Waals surface area contributed by atoms with E-state index >= 15 is 0 Å². The summed E-state index contributed by atoms with van der Waals surface area (Å²) in [7, 11) is 0. The van der Waals surface area contributed by atoms with Gasteiger partial charge in [0.05, 0.1) is 0 Å². The van der Waals surface area contributed by atoms with Gasteiger partial charge in [0.2, 0.25) is 5.91 Å². The molecule has 1 amide bonds. The van der Waals surface area contributed by atoms with E-state index in [2.05, 4.69) is 43.4 Å². The van der Waals surface area contributed by atoms with E-state index in [-0.39, 0.29) is 11.4 Å². The molecule has 3 N–H and O–H groups in total. The third-order valence-corrected chi connectivity index (χ3v) is 4.97. The Morgan fingerprint density at radius 2 is 2.05 bits per heavy atom. The second-order valence-corrected chi connectivity index (χ2v) is 6.34. The van der Waals surface area contributed by atoms with Gasteiger partial charge in [-0.25, -0.2) is 0 Å². The van der Waals surface area contributed by atoms with Gasteiger partial charge in [-0.1, -0.05) is 38.1 Å². The predicted octanol–water partition coefficient (Wildman–Crippen LogP) is 3.13. The minimum absolute atomic E-state index is 0.133. The quantitative estimate of drug-likeness (QED) is 0.845. The molecule has 0 aliphatic heterocycles. The highest BCUT2D eigenvalue weighted by Crippen LogP contribution is 2.33. The summed E-state index contributed by atoms with van der Waals surface area (Å²) in [4.78, 5) is 12.2. The summed E-state index contributed by atoms with van der Waals surface area (Å²) in [5.74, 6) is 0.499. The molecular formula is C18H28N2O. The van der Waals surface area contributed by atoms with Gasteiger partial charge in [-0.05, 0) is 49.1 Å². The van der Waals surface area contributed by atoms with Crippen LogP contribution in [0.2, 0.25) is 0 Å². The minimum Gasteiger partial charge on any atom is -0.354 e. The maximum Gasteiger partial charge on any atom is 0.220 e. The maximum absolute atomic E-state index is 12.2. The van der Waals surface area contributed by atoms with Crippen molar-refractivity contribution in [1.29, 1.82) is 0 Å². The molecule has 21 heavy (non-hydrogen) atoms. The highest BCUT2D eigenvalue weighted by molar-refractivity contribution is 5.77. The lowest BCUT2D eigenvalue weighted by Crippen LogP contribution is -2.49. The molecule has 0 fully saturated rings. The Morgan fingerprint density at radius 3 is 2.76 bits per heavy atom. The summed E-state index contributed by atoms with van der Waals surface area (Å²) in [6.45, 7) is 4.73. The first-order valence-corrected chi connectivity index (χ1v) is 8.21. The molecule has 3 nitrogen and oxygen atoms in total. The molecule has 0 saturated carbocycles. The van der Waals surface area contributed by atoms with E-state index in [0.29, 0.717) is 18.9 Å². The Balaban J connectivity index is 1.92. The summed E-state index contributed by atoms with van der Waals surface area (Å²) in [6, 6.07) is 8.54. The van der Waals surface area contributed by atoms with E-state index in [0.717, 1.165) is 25.7 Å². The number of fused-ring (bicyclic) bond motifs is 1. The van der Waals surface area contributed by atoms with E-state index < -0.39 is 0 Å². The Hall–Kier alpha value is -1.35. The Labute approximate surface area is 128 Å². The van der Waals surface area contributed by atoms with Crippen molar-refractivity contribution in [3.8, 4) is 0 Å². The lowest BCUT2D eigenvalue weighted by molar-refractivity contribution is -0.121. The van der Waals surface area contributed by atoms with Crippen LogP contribution in [0, 0.1) is 0 Å². The van der Waals surface area contributed by atoms with Gasteiger partial charge in [-0.15, -0.1) is 0 Å². The first kappa shape index (κ1) is 16.0. The van der Waals surface area contributed by atoms with Crippen LogP contribution in [0.25, 0.3) is 0 Å². The topological polar surface area (TPSA) is 55.1 Å². The molecule has 0 heterocycles. The molecule has 2 rings (SSSR count). The Kier molecular flexibility index (Phi) is 5.40. The van der Waals surface area contributed by atoms with Crippen LogP contribution in [-0.2, 0) is 11.2 Å². The zero-order valence-corrected chi connectivity index (χ0v) is 13.3. The molecule has 1 aliphatic carbocycles. The number of benzene rings is 1. The molecule has 1 aromatic rings. The number of hydrogen-bond acceptors (Lipinski definition) is 2. The molecule has 0 saturated heterocycles. The van der Waals surface area contributed by atoms with Gasteiger partial charge in [0, 0.05) is 18.5 Å². The van der Waals surface area contributed by atoms with E-state index in [9.17, 15) is 4.79 Å². The average molecular weight is 288 g/mol. The standard InChI is InChI=1S/C18H28N2O/c1-3-18(19,4-2)13-20-17(21)12-15-10-7-9-14-8-5-6-11-16(14)15/h5-6,8,11,15H,3-4,7,9-10,12-13,19H2,1-2H3,(H,20,21). The van der Waals surface area contributed by atoms with Crippen LogP contribution in [0.4, 0.5) is 0 Å². The van der Waals surface area contributed by atoms with E-state index in [1.54, 1.807) is 0 Å². The third-order valence-electron chi connectivity index (χ3n) is 4.97. The van der Waals surface area contributed by atoms with Crippen LogP contribution in [-0.4, -0.2) is 18.0 Å². The van der Waals surface area contributed by atoms with Crippen molar-refractivity contribution in [3.05, 3.63) is 35.4 Å². The SMILES string of the molecule is CCC(N)(CC)CNC(=O)CC1CCCc2ccccc21. The molecule has 1 unspecified atom stereocenters. The molecule has 3 heteroatoms. The van der Waals surface area contributed by atoms with Crippen LogP contribution in [0.1, 0.15) is 63.0 Å². The van der Waals surface area contributed by atoms with Crippen molar-refractivity contribution in [2.24, 2.45) is 5.73 Å². The van der Waals surface area contributed by atoms with Crippen LogP contribution < -0.4 is 11.1 Å². The fourth-order valence-electron chi connectivity index (χ4n) is 3.14. The van der Waals surface area contributed by atoms with Crippen LogP contribution in [0.15, 0.2) is 24.3 Å². The number of carbonyl (C=O) groups is 1. The highest BCUT2D eigenvalue weighted by Gasteiger charge is 2.24. The normalized spacial score (nSPS) is 18.1. The van der Waals surface area contributed by atoms with Crippen molar-refractivity contribution in [1.82, 2.24) is 5.32 Å². The zero-order chi connectivity index (χ0) is 15.3. The number of rotatable bonds is 6. The fourth-order valence-corrected chi connectivity index (χ4v) is 3.14. The molecule has 1 atom stereocenters. The van der Waals surface area contributed by atoms with Crippen LogP contribution >= 0.6 is 0 Å².